The van der Waals surface area contributed by atoms with E-state index >= 15 is 0 Å². The Kier molecular flexibility index (Phi) is 7.98. The van der Waals surface area contributed by atoms with Crippen LogP contribution in [0.4, 0.5) is 0 Å². The molecule has 0 radical (unpaired) electrons. The fourth-order valence-corrected chi connectivity index (χ4v) is 8.44. The molecule has 2 aromatic rings. The van der Waals surface area contributed by atoms with E-state index in [1.54, 1.807) is 0 Å². The molecule has 2 aliphatic heterocycles. The summed E-state index contributed by atoms with van der Waals surface area (Å²) in [4.78, 5) is 38.8. The van der Waals surface area contributed by atoms with E-state index in [0.29, 0.717) is 23.8 Å². The molecule has 8 nitrogen and oxygen atoms in total. The third-order valence-electron chi connectivity index (χ3n) is 9.91. The Morgan fingerprint density at radius 3 is 2.30 bits per heavy atom. The van der Waals surface area contributed by atoms with E-state index in [0.717, 1.165) is 35.7 Å². The van der Waals surface area contributed by atoms with Crippen LogP contribution in [0.3, 0.4) is 0 Å². The van der Waals surface area contributed by atoms with E-state index < -0.39 is 5.97 Å². The topological polar surface area (TPSA) is 97.0 Å². The molecule has 0 spiro atoms. The number of aliphatic carboxylic acids is 1. The number of piperidine rings is 2. The molecule has 40 heavy (non-hydrogen) atoms. The Labute approximate surface area is 236 Å². The lowest BCUT2D eigenvalue weighted by Gasteiger charge is -2.55. The average molecular weight is 549 g/mol. The minimum absolute atomic E-state index is 0.0838. The number of rotatable bonds is 8. The van der Waals surface area contributed by atoms with Crippen molar-refractivity contribution in [2.24, 2.45) is 17.0 Å². The van der Waals surface area contributed by atoms with Gasteiger partial charge in [0.15, 0.2) is 5.69 Å². The number of carboxylic acid groups (broad SMARTS) is 1. The molecular formula is C32H44N4O4. The molecule has 4 aliphatic rings. The first kappa shape index (κ1) is 27.4. The Hall–Kier alpha value is -2.74. The molecule has 1 N–H and O–H groups in total. The zero-order valence-electron chi connectivity index (χ0n) is 24.0. The van der Waals surface area contributed by atoms with Gasteiger partial charge < -0.3 is 14.5 Å². The van der Waals surface area contributed by atoms with Crippen molar-refractivity contribution in [1.29, 1.82) is 0 Å². The van der Waals surface area contributed by atoms with Gasteiger partial charge in [-0.15, -0.1) is 0 Å². The van der Waals surface area contributed by atoms with E-state index in [4.69, 9.17) is 9.82 Å². The Morgan fingerprint density at radius 1 is 0.950 bits per heavy atom. The van der Waals surface area contributed by atoms with Crippen molar-refractivity contribution < 1.29 is 14.7 Å². The Morgan fingerprint density at radius 2 is 1.62 bits per heavy atom. The molecule has 1 aromatic carbocycles. The van der Waals surface area contributed by atoms with Gasteiger partial charge >= 0.3 is 5.97 Å². The third kappa shape index (κ3) is 5.56. The first-order valence-electron chi connectivity index (χ1n) is 15.6. The number of para-hydroxylation sites is 2. The fourth-order valence-electron chi connectivity index (χ4n) is 8.44. The lowest BCUT2D eigenvalue weighted by atomic mass is 9.68. The second-order valence-corrected chi connectivity index (χ2v) is 13.0. The van der Waals surface area contributed by atoms with Crippen molar-refractivity contribution in [1.82, 2.24) is 14.5 Å². The summed E-state index contributed by atoms with van der Waals surface area (Å²) in [5.41, 5.74) is 1.93. The minimum Gasteiger partial charge on any atom is -0.481 e. The second kappa shape index (κ2) is 11.6. The van der Waals surface area contributed by atoms with E-state index in [1.807, 2.05) is 42.7 Å². The summed E-state index contributed by atoms with van der Waals surface area (Å²) in [6, 6.07) is 9.63. The molecule has 6 rings (SSSR count). The molecule has 8 heteroatoms. The maximum atomic E-state index is 14.3. The van der Waals surface area contributed by atoms with Crippen molar-refractivity contribution in [3.63, 3.8) is 0 Å². The summed E-state index contributed by atoms with van der Waals surface area (Å²) < 4.78 is 1.97. The van der Waals surface area contributed by atoms with Crippen LogP contribution in [0.25, 0.3) is 11.0 Å². The molecule has 6 atom stereocenters. The van der Waals surface area contributed by atoms with E-state index in [2.05, 4.69) is 10.1 Å². The largest absolute Gasteiger partial charge is 0.481 e. The SMILES string of the molecule is CC(C)O/N=C(\CCC(=O)O)c1nc2ccccc2n([C@H]2C[C@H]3CCC[C@@H](C2)N3[C@H]2C[C@@H]3CCC[C@@H](C3)C2)c1=O. The van der Waals surface area contributed by atoms with E-state index in [-0.39, 0.29) is 36.2 Å². The van der Waals surface area contributed by atoms with Crippen LogP contribution in [-0.2, 0) is 9.63 Å². The smallest absolute Gasteiger partial charge is 0.303 e. The van der Waals surface area contributed by atoms with Crippen LogP contribution < -0.4 is 5.56 Å². The van der Waals surface area contributed by atoms with Crippen LogP contribution in [0, 0.1) is 11.8 Å². The highest BCUT2D eigenvalue weighted by Gasteiger charge is 2.45. The number of aromatic nitrogens is 2. The summed E-state index contributed by atoms with van der Waals surface area (Å²) in [6.45, 7) is 3.72. The average Bonchev–Trinajstić information content (AvgIpc) is 2.92. The monoisotopic (exact) mass is 548 g/mol. The van der Waals surface area contributed by atoms with Gasteiger partial charge in [0.2, 0.25) is 0 Å². The van der Waals surface area contributed by atoms with Crippen molar-refractivity contribution in [2.45, 2.75) is 128 Å². The van der Waals surface area contributed by atoms with Gasteiger partial charge in [0.05, 0.1) is 17.5 Å². The van der Waals surface area contributed by atoms with Gasteiger partial charge in [0.25, 0.3) is 5.56 Å². The van der Waals surface area contributed by atoms with Gasteiger partial charge in [-0.05, 0) is 82.8 Å². The molecule has 4 fully saturated rings. The van der Waals surface area contributed by atoms with Crippen LogP contribution >= 0.6 is 0 Å². The lowest BCUT2D eigenvalue weighted by Crippen LogP contribution is -2.58. The van der Waals surface area contributed by atoms with Crippen LogP contribution in [0.5, 0.6) is 0 Å². The number of benzene rings is 1. The highest BCUT2D eigenvalue weighted by Crippen LogP contribution is 2.47. The molecule has 0 unspecified atom stereocenters. The molecule has 4 bridgehead atoms. The number of nitrogens with zero attached hydrogens (tertiary/aromatic N) is 4. The quantitative estimate of drug-likeness (QED) is 0.325. The van der Waals surface area contributed by atoms with Crippen molar-refractivity contribution >= 4 is 22.7 Å². The van der Waals surface area contributed by atoms with Gasteiger partial charge in [-0.2, -0.15) is 0 Å². The summed E-state index contributed by atoms with van der Waals surface area (Å²) in [7, 11) is 0. The maximum Gasteiger partial charge on any atom is 0.303 e. The first-order valence-corrected chi connectivity index (χ1v) is 15.6. The van der Waals surface area contributed by atoms with Gasteiger partial charge in [-0.3, -0.25) is 14.5 Å². The number of hydrogen-bond acceptors (Lipinski definition) is 6. The van der Waals surface area contributed by atoms with Crippen LogP contribution in [0.15, 0.2) is 34.2 Å². The molecule has 2 aliphatic carbocycles. The molecular weight excluding hydrogens is 504 g/mol. The first-order chi connectivity index (χ1) is 19.4. The van der Waals surface area contributed by atoms with Crippen LogP contribution in [-0.4, -0.2) is 55.5 Å². The van der Waals surface area contributed by atoms with Gasteiger partial charge in [-0.25, -0.2) is 4.98 Å². The van der Waals surface area contributed by atoms with Crippen molar-refractivity contribution in [2.75, 3.05) is 0 Å². The molecule has 3 heterocycles. The van der Waals surface area contributed by atoms with Crippen LogP contribution in [0.1, 0.15) is 109 Å². The Balaban J connectivity index is 1.35. The Bertz CT molecular complexity index is 1290. The molecule has 2 saturated heterocycles. The lowest BCUT2D eigenvalue weighted by molar-refractivity contribution is -0.136. The highest BCUT2D eigenvalue weighted by atomic mass is 16.6. The normalized spacial score (nSPS) is 30.9. The number of oxime groups is 1. The zero-order chi connectivity index (χ0) is 27.8. The van der Waals surface area contributed by atoms with E-state index in [1.165, 1.54) is 57.8 Å². The number of hydrogen-bond donors (Lipinski definition) is 1. The van der Waals surface area contributed by atoms with Gasteiger partial charge in [0, 0.05) is 30.6 Å². The predicted octanol–water partition coefficient (Wildman–Crippen LogP) is 5.92. The predicted molar refractivity (Wildman–Crippen MR) is 156 cm³/mol. The maximum absolute atomic E-state index is 14.3. The number of carbonyl (C=O) groups is 1. The van der Waals surface area contributed by atoms with Crippen LogP contribution in [0.2, 0.25) is 0 Å². The molecule has 1 aromatic heterocycles. The molecule has 216 valence electrons. The number of fused-ring (bicyclic) bond motifs is 5. The van der Waals surface area contributed by atoms with E-state index in [9.17, 15) is 14.7 Å². The summed E-state index contributed by atoms with van der Waals surface area (Å²) in [5, 5.41) is 13.6. The highest BCUT2D eigenvalue weighted by molar-refractivity contribution is 6.00. The van der Waals surface area contributed by atoms with Gasteiger partial charge in [0.1, 0.15) is 11.8 Å². The third-order valence-corrected chi connectivity index (χ3v) is 9.91. The van der Waals surface area contributed by atoms with Gasteiger partial charge in [-0.1, -0.05) is 43.0 Å². The van der Waals surface area contributed by atoms with Crippen molar-refractivity contribution in [3.05, 3.63) is 40.3 Å². The van der Waals surface area contributed by atoms with Crippen molar-refractivity contribution in [3.8, 4) is 0 Å². The zero-order valence-corrected chi connectivity index (χ0v) is 24.0. The summed E-state index contributed by atoms with van der Waals surface area (Å²) in [5.74, 6) is 0.870. The molecule has 0 amide bonds. The second-order valence-electron chi connectivity index (χ2n) is 13.0. The fraction of sp³-hybridized carbons (Fsp3) is 0.688. The standard InChI is InChI=1S/C32H44N4O4/c1-20(2)40-34-28(13-14-30(37)38)31-32(39)36(29-12-4-3-11-27(29)33-31)26-18-23-9-6-10-24(19-26)35(23)25-16-21-7-5-8-22(15-21)17-25/h3-4,11-12,20-26H,5-10,13-19H2,1-2H3,(H,37,38)/b34-28+/t21-,22+,23-,24+,25+,26+. The number of carboxylic acids is 1. The summed E-state index contributed by atoms with van der Waals surface area (Å²) >= 11 is 0. The molecule has 2 saturated carbocycles. The minimum atomic E-state index is -0.939. The summed E-state index contributed by atoms with van der Waals surface area (Å²) in [6.07, 6.45) is 13.8.